The number of phenolic OH excluding ortho intramolecular Hbond substituents is 1. The van der Waals surface area contributed by atoms with Crippen LogP contribution in [0.5, 0.6) is 11.5 Å². The summed E-state index contributed by atoms with van der Waals surface area (Å²) in [5.41, 5.74) is 1.78. The van der Waals surface area contributed by atoms with Crippen molar-refractivity contribution in [2.45, 2.75) is 58.8 Å². The highest BCUT2D eigenvalue weighted by atomic mass is 16.5. The van der Waals surface area contributed by atoms with Crippen LogP contribution in [0.25, 0.3) is 0 Å². The maximum absolute atomic E-state index is 10.3. The summed E-state index contributed by atoms with van der Waals surface area (Å²) in [6.07, 6.45) is 0.731. The van der Waals surface area contributed by atoms with Gasteiger partial charge in [-0.25, -0.2) is 0 Å². The first kappa shape index (κ1) is 15.9. The highest BCUT2D eigenvalue weighted by Crippen LogP contribution is 2.40. The molecule has 0 heterocycles. The van der Waals surface area contributed by atoms with Crippen molar-refractivity contribution < 1.29 is 9.84 Å². The van der Waals surface area contributed by atoms with E-state index in [1.54, 1.807) is 0 Å². The molecule has 107 valence electrons. The largest absolute Gasteiger partial charge is 0.508 e. The van der Waals surface area contributed by atoms with Crippen LogP contribution in [0.4, 0.5) is 0 Å². The molecule has 0 atom stereocenters. The molecule has 0 fully saturated rings. The predicted octanol–water partition coefficient (Wildman–Crippen LogP) is 4.59. The molecule has 1 aromatic rings. The van der Waals surface area contributed by atoms with Crippen molar-refractivity contribution in [3.8, 4) is 11.5 Å². The Morgan fingerprint density at radius 1 is 1.00 bits per heavy atom. The smallest absolute Gasteiger partial charge is 0.123 e. The van der Waals surface area contributed by atoms with Crippen molar-refractivity contribution in [2.75, 3.05) is 6.61 Å². The van der Waals surface area contributed by atoms with Crippen molar-refractivity contribution in [3.63, 3.8) is 0 Å². The van der Waals surface area contributed by atoms with E-state index in [0.29, 0.717) is 12.4 Å². The second-order valence-electron chi connectivity index (χ2n) is 7.07. The number of aromatic hydroxyl groups is 1. The van der Waals surface area contributed by atoms with Crippen LogP contribution < -0.4 is 4.74 Å². The van der Waals surface area contributed by atoms with E-state index in [9.17, 15) is 5.11 Å². The molecule has 0 saturated heterocycles. The topological polar surface area (TPSA) is 29.5 Å². The summed E-state index contributed by atoms with van der Waals surface area (Å²) in [6.45, 7) is 17.0. The number of phenols is 1. The van der Waals surface area contributed by atoms with Gasteiger partial charge in [0.25, 0.3) is 0 Å². The number of ether oxygens (including phenoxy) is 1. The third-order valence-corrected chi connectivity index (χ3v) is 3.12. The fraction of sp³-hybridized carbons (Fsp3) is 0.588. The van der Waals surface area contributed by atoms with Gasteiger partial charge in [0.15, 0.2) is 0 Å². The van der Waals surface area contributed by atoms with Gasteiger partial charge in [0.05, 0.1) is 6.61 Å². The maximum atomic E-state index is 10.3. The van der Waals surface area contributed by atoms with Crippen LogP contribution in [0.2, 0.25) is 0 Å². The third kappa shape index (κ3) is 3.89. The molecule has 19 heavy (non-hydrogen) atoms. The average Bonchev–Trinajstić information content (AvgIpc) is 2.24. The van der Waals surface area contributed by atoms with Gasteiger partial charge >= 0.3 is 0 Å². The van der Waals surface area contributed by atoms with Gasteiger partial charge in [-0.1, -0.05) is 41.5 Å². The van der Waals surface area contributed by atoms with E-state index in [4.69, 9.17) is 4.74 Å². The molecule has 0 aromatic heterocycles. The quantitative estimate of drug-likeness (QED) is 0.864. The minimum atomic E-state index is -0.108. The zero-order valence-corrected chi connectivity index (χ0v) is 13.1. The Hall–Kier alpha value is -1.18. The highest BCUT2D eigenvalue weighted by Gasteiger charge is 2.25. The van der Waals surface area contributed by atoms with Crippen LogP contribution in [-0.2, 0) is 10.8 Å². The molecule has 1 radical (unpaired) electrons. The zero-order valence-electron chi connectivity index (χ0n) is 13.1. The van der Waals surface area contributed by atoms with E-state index in [1.807, 2.05) is 12.1 Å². The molecule has 1 aromatic carbocycles. The van der Waals surface area contributed by atoms with E-state index in [2.05, 4.69) is 48.5 Å². The van der Waals surface area contributed by atoms with Gasteiger partial charge < -0.3 is 9.84 Å². The summed E-state index contributed by atoms with van der Waals surface area (Å²) < 4.78 is 5.83. The number of rotatable bonds is 3. The van der Waals surface area contributed by atoms with Crippen LogP contribution >= 0.6 is 0 Å². The fourth-order valence-electron chi connectivity index (χ4n) is 2.06. The SMILES string of the molecule is [CH2]CCOc1cc(C(C)(C)C)c(O)cc1C(C)(C)C. The van der Waals surface area contributed by atoms with Crippen molar-refractivity contribution in [1.29, 1.82) is 0 Å². The van der Waals surface area contributed by atoms with Crippen molar-refractivity contribution in [1.82, 2.24) is 0 Å². The first-order valence-electron chi connectivity index (χ1n) is 6.87. The van der Waals surface area contributed by atoms with Gasteiger partial charge in [-0.2, -0.15) is 0 Å². The zero-order chi connectivity index (χ0) is 14.8. The lowest BCUT2D eigenvalue weighted by Crippen LogP contribution is -2.17. The lowest BCUT2D eigenvalue weighted by molar-refractivity contribution is 0.312. The van der Waals surface area contributed by atoms with Crippen LogP contribution in [-0.4, -0.2) is 11.7 Å². The molecule has 0 aliphatic rings. The van der Waals surface area contributed by atoms with Crippen molar-refractivity contribution in [2.24, 2.45) is 0 Å². The summed E-state index contributed by atoms with van der Waals surface area (Å²) in [7, 11) is 0. The molecule has 0 aliphatic heterocycles. The second-order valence-corrected chi connectivity index (χ2v) is 7.07. The predicted molar refractivity (Wildman–Crippen MR) is 81.0 cm³/mol. The first-order valence-corrected chi connectivity index (χ1v) is 6.87. The molecule has 0 bridgehead atoms. The van der Waals surface area contributed by atoms with Gasteiger partial charge in [-0.15, -0.1) is 0 Å². The Kier molecular flexibility index (Phi) is 4.54. The number of hydrogen-bond acceptors (Lipinski definition) is 2. The average molecular weight is 263 g/mol. The van der Waals surface area contributed by atoms with E-state index in [1.165, 1.54) is 0 Å². The lowest BCUT2D eigenvalue weighted by atomic mass is 9.81. The Morgan fingerprint density at radius 3 is 1.95 bits per heavy atom. The second kappa shape index (κ2) is 5.44. The summed E-state index contributed by atoms with van der Waals surface area (Å²) in [5.74, 6) is 1.21. The van der Waals surface area contributed by atoms with Gasteiger partial charge in [-0.3, -0.25) is 0 Å². The fourth-order valence-corrected chi connectivity index (χ4v) is 2.06. The molecule has 0 spiro atoms. The molecule has 0 saturated carbocycles. The Bertz CT molecular complexity index is 434. The van der Waals surface area contributed by atoms with Crippen LogP contribution in [0.3, 0.4) is 0 Å². The third-order valence-electron chi connectivity index (χ3n) is 3.12. The molecule has 0 unspecified atom stereocenters. The normalized spacial score (nSPS) is 12.6. The first-order chi connectivity index (χ1) is 8.57. The standard InChI is InChI=1S/C17H27O2/c1-8-9-19-15-11-12(16(2,3)4)14(18)10-13(15)17(5,6)7/h10-11,18H,1,8-9H2,2-7H3. The van der Waals surface area contributed by atoms with Crippen molar-refractivity contribution >= 4 is 0 Å². The van der Waals surface area contributed by atoms with Gasteiger partial charge in [0.1, 0.15) is 11.5 Å². The summed E-state index contributed by atoms with van der Waals surface area (Å²) in [6, 6.07) is 3.82. The minimum Gasteiger partial charge on any atom is -0.508 e. The van der Waals surface area contributed by atoms with Crippen LogP contribution in [0.1, 0.15) is 59.1 Å². The lowest BCUT2D eigenvalue weighted by Gasteiger charge is -2.27. The van der Waals surface area contributed by atoms with Crippen LogP contribution in [0.15, 0.2) is 12.1 Å². The maximum Gasteiger partial charge on any atom is 0.123 e. The molecule has 0 amide bonds. The van der Waals surface area contributed by atoms with Crippen molar-refractivity contribution in [3.05, 3.63) is 30.2 Å². The Morgan fingerprint density at radius 2 is 1.53 bits per heavy atom. The van der Waals surface area contributed by atoms with E-state index < -0.39 is 0 Å². The number of benzene rings is 1. The molecular formula is C17H27O2. The summed E-state index contributed by atoms with van der Waals surface area (Å²) in [5, 5.41) is 10.3. The molecular weight excluding hydrogens is 236 g/mol. The van der Waals surface area contributed by atoms with Gasteiger partial charge in [-0.05, 0) is 36.3 Å². The monoisotopic (exact) mass is 263 g/mol. The summed E-state index contributed by atoms with van der Waals surface area (Å²) in [4.78, 5) is 0. The molecule has 0 aliphatic carbocycles. The van der Waals surface area contributed by atoms with E-state index >= 15 is 0 Å². The molecule has 1 N–H and O–H groups in total. The minimum absolute atomic E-state index is 0.0651. The van der Waals surface area contributed by atoms with E-state index in [-0.39, 0.29) is 10.8 Å². The van der Waals surface area contributed by atoms with Gasteiger partial charge in [0.2, 0.25) is 0 Å². The summed E-state index contributed by atoms with van der Waals surface area (Å²) >= 11 is 0. The molecule has 2 nitrogen and oxygen atoms in total. The number of hydrogen-bond donors (Lipinski definition) is 1. The van der Waals surface area contributed by atoms with E-state index in [0.717, 1.165) is 23.3 Å². The molecule has 2 heteroatoms. The highest BCUT2D eigenvalue weighted by molar-refractivity contribution is 5.51. The van der Waals surface area contributed by atoms with Gasteiger partial charge in [0, 0.05) is 11.1 Å². The Labute approximate surface area is 117 Å². The van der Waals surface area contributed by atoms with Crippen LogP contribution in [0, 0.1) is 6.92 Å². The Balaban J connectivity index is 3.37. The molecule has 1 rings (SSSR count).